The van der Waals surface area contributed by atoms with Crippen molar-refractivity contribution in [3.8, 4) is 6.07 Å². The molecule has 66 valence electrons. The Balaban J connectivity index is 3.00. The normalized spacial score (nSPS) is 10.2. The van der Waals surface area contributed by atoms with Gasteiger partial charge in [0.2, 0.25) is 0 Å². The molecule has 0 bridgehead atoms. The summed E-state index contributed by atoms with van der Waals surface area (Å²) >= 11 is 7.24. The van der Waals surface area contributed by atoms with E-state index < -0.39 is 0 Å². The summed E-state index contributed by atoms with van der Waals surface area (Å²) in [5, 5.41) is 9.29. The Labute approximate surface area is 85.5 Å². The quantitative estimate of drug-likeness (QED) is 0.326. The molecule has 0 fully saturated rings. The molecule has 13 heavy (non-hydrogen) atoms. The first-order chi connectivity index (χ1) is 6.27. The van der Waals surface area contributed by atoms with Crippen molar-refractivity contribution in [2.75, 3.05) is 6.26 Å². The third-order valence-electron chi connectivity index (χ3n) is 1.27. The first-order valence-corrected chi connectivity index (χ1v) is 5.01. The SMILES string of the molecule is CSc1ncc(C=CC#N)c(Cl)n1. The molecule has 0 saturated carbocycles. The molecular weight excluding hydrogens is 206 g/mol. The van der Waals surface area contributed by atoms with E-state index >= 15 is 0 Å². The molecule has 1 aromatic rings. The molecule has 0 aliphatic heterocycles. The highest BCUT2D eigenvalue weighted by atomic mass is 35.5. The number of halogens is 1. The lowest BCUT2D eigenvalue weighted by Crippen LogP contribution is -1.88. The summed E-state index contributed by atoms with van der Waals surface area (Å²) in [7, 11) is 0. The Kier molecular flexibility index (Phi) is 3.74. The molecule has 0 aromatic carbocycles. The highest BCUT2D eigenvalue weighted by molar-refractivity contribution is 7.98. The Morgan fingerprint density at radius 1 is 1.69 bits per heavy atom. The van der Waals surface area contributed by atoms with Crippen LogP contribution in [0.1, 0.15) is 5.56 Å². The van der Waals surface area contributed by atoms with Crippen molar-refractivity contribution in [3.05, 3.63) is 23.0 Å². The van der Waals surface area contributed by atoms with E-state index in [1.54, 1.807) is 12.3 Å². The second-order valence-electron chi connectivity index (χ2n) is 2.07. The molecule has 1 heterocycles. The van der Waals surface area contributed by atoms with Crippen LogP contribution in [0.5, 0.6) is 0 Å². The van der Waals surface area contributed by atoms with Crippen molar-refractivity contribution in [1.29, 1.82) is 5.26 Å². The summed E-state index contributed by atoms with van der Waals surface area (Å²) in [6.45, 7) is 0. The topological polar surface area (TPSA) is 49.6 Å². The number of rotatable bonds is 2. The van der Waals surface area contributed by atoms with Crippen LogP contribution in [0.25, 0.3) is 6.08 Å². The fourth-order valence-corrected chi connectivity index (χ4v) is 1.28. The maximum atomic E-state index is 8.29. The molecule has 1 rings (SSSR count). The predicted octanol–water partition coefficient (Wildman–Crippen LogP) is 2.39. The first kappa shape index (κ1) is 10.0. The Bertz CT molecular complexity index is 370. The van der Waals surface area contributed by atoms with Crippen LogP contribution >= 0.6 is 23.4 Å². The van der Waals surface area contributed by atoms with Crippen LogP contribution in [-0.4, -0.2) is 16.2 Å². The number of hydrogen-bond donors (Lipinski definition) is 0. The van der Waals surface area contributed by atoms with Gasteiger partial charge in [-0.2, -0.15) is 5.26 Å². The summed E-state index contributed by atoms with van der Waals surface area (Å²) in [4.78, 5) is 8.02. The van der Waals surface area contributed by atoms with Crippen LogP contribution < -0.4 is 0 Å². The summed E-state index contributed by atoms with van der Waals surface area (Å²) in [6, 6.07) is 1.87. The third-order valence-corrected chi connectivity index (χ3v) is 2.13. The minimum atomic E-state index is 0.367. The van der Waals surface area contributed by atoms with Crippen molar-refractivity contribution < 1.29 is 0 Å². The fraction of sp³-hybridized carbons (Fsp3) is 0.125. The zero-order chi connectivity index (χ0) is 9.68. The van der Waals surface area contributed by atoms with Crippen LogP contribution in [0.4, 0.5) is 0 Å². The van der Waals surface area contributed by atoms with Crippen molar-refractivity contribution in [2.24, 2.45) is 0 Å². The molecule has 0 aliphatic rings. The monoisotopic (exact) mass is 211 g/mol. The van der Waals surface area contributed by atoms with E-state index in [0.717, 1.165) is 0 Å². The van der Waals surface area contributed by atoms with Crippen molar-refractivity contribution >= 4 is 29.4 Å². The molecule has 0 radical (unpaired) electrons. The molecular formula is C8H6ClN3S. The third kappa shape index (κ3) is 2.72. The van der Waals surface area contributed by atoms with E-state index in [0.29, 0.717) is 15.9 Å². The van der Waals surface area contributed by atoms with E-state index in [1.807, 2.05) is 12.3 Å². The van der Waals surface area contributed by atoms with Gasteiger partial charge < -0.3 is 0 Å². The Morgan fingerprint density at radius 2 is 2.46 bits per heavy atom. The van der Waals surface area contributed by atoms with Gasteiger partial charge in [-0.15, -0.1) is 0 Å². The first-order valence-electron chi connectivity index (χ1n) is 3.40. The van der Waals surface area contributed by atoms with Gasteiger partial charge in [0.05, 0.1) is 6.07 Å². The maximum Gasteiger partial charge on any atom is 0.188 e. The molecule has 0 aliphatic carbocycles. The summed E-state index contributed by atoms with van der Waals surface area (Å²) in [5.74, 6) is 0. The minimum absolute atomic E-state index is 0.367. The van der Waals surface area contributed by atoms with Crippen LogP contribution in [0.15, 0.2) is 17.4 Å². The summed E-state index contributed by atoms with van der Waals surface area (Å²) < 4.78 is 0. The van der Waals surface area contributed by atoms with Gasteiger partial charge >= 0.3 is 0 Å². The van der Waals surface area contributed by atoms with Crippen molar-refractivity contribution in [1.82, 2.24) is 9.97 Å². The van der Waals surface area contributed by atoms with Crippen LogP contribution in [0.3, 0.4) is 0 Å². The van der Waals surface area contributed by atoms with Crippen LogP contribution in [0, 0.1) is 11.3 Å². The van der Waals surface area contributed by atoms with E-state index in [4.69, 9.17) is 16.9 Å². The molecule has 0 N–H and O–H groups in total. The number of allylic oxidation sites excluding steroid dienone is 1. The second kappa shape index (κ2) is 4.85. The van der Waals surface area contributed by atoms with E-state index in [-0.39, 0.29) is 0 Å². The predicted molar refractivity (Wildman–Crippen MR) is 53.5 cm³/mol. The molecule has 0 saturated heterocycles. The highest BCUT2D eigenvalue weighted by Crippen LogP contribution is 2.17. The highest BCUT2D eigenvalue weighted by Gasteiger charge is 2.00. The number of hydrogen-bond acceptors (Lipinski definition) is 4. The molecule has 0 amide bonds. The van der Waals surface area contributed by atoms with Gasteiger partial charge in [-0.3, -0.25) is 0 Å². The number of nitriles is 1. The van der Waals surface area contributed by atoms with E-state index in [9.17, 15) is 0 Å². The van der Waals surface area contributed by atoms with E-state index in [2.05, 4.69) is 9.97 Å². The number of thioether (sulfide) groups is 1. The molecule has 0 unspecified atom stereocenters. The number of aromatic nitrogens is 2. The van der Waals surface area contributed by atoms with Gasteiger partial charge in [-0.05, 0) is 12.3 Å². The Hall–Kier alpha value is -1.05. The second-order valence-corrected chi connectivity index (χ2v) is 3.20. The largest absolute Gasteiger partial charge is 0.230 e. The Morgan fingerprint density at radius 3 is 3.00 bits per heavy atom. The molecule has 5 heteroatoms. The average molecular weight is 212 g/mol. The molecule has 1 aromatic heterocycles. The van der Waals surface area contributed by atoms with E-state index in [1.165, 1.54) is 17.8 Å². The van der Waals surface area contributed by atoms with Crippen LogP contribution in [0.2, 0.25) is 5.15 Å². The standard InChI is InChI=1S/C8H6ClN3S/c1-13-8-11-5-6(3-2-4-10)7(9)12-8/h2-3,5H,1H3. The summed E-state index contributed by atoms with van der Waals surface area (Å²) in [5.41, 5.74) is 0.654. The molecule has 0 spiro atoms. The van der Waals surface area contributed by atoms with Gasteiger partial charge in [0.25, 0.3) is 0 Å². The average Bonchev–Trinajstić information content (AvgIpc) is 2.16. The number of nitrogens with zero attached hydrogens (tertiary/aromatic N) is 3. The van der Waals surface area contributed by atoms with Gasteiger partial charge in [-0.1, -0.05) is 23.4 Å². The lowest BCUT2D eigenvalue weighted by Gasteiger charge is -1.97. The fourth-order valence-electron chi connectivity index (χ4n) is 0.693. The van der Waals surface area contributed by atoms with Crippen molar-refractivity contribution in [3.63, 3.8) is 0 Å². The lowest BCUT2D eigenvalue weighted by molar-refractivity contribution is 0.966. The minimum Gasteiger partial charge on any atom is -0.230 e. The molecule has 0 atom stereocenters. The van der Waals surface area contributed by atoms with Gasteiger partial charge in [0.15, 0.2) is 5.16 Å². The van der Waals surface area contributed by atoms with Gasteiger partial charge in [0.1, 0.15) is 5.15 Å². The van der Waals surface area contributed by atoms with Crippen LogP contribution in [-0.2, 0) is 0 Å². The lowest BCUT2D eigenvalue weighted by atomic mass is 10.3. The maximum absolute atomic E-state index is 8.29. The zero-order valence-corrected chi connectivity index (χ0v) is 8.43. The summed E-state index contributed by atoms with van der Waals surface area (Å²) in [6.07, 6.45) is 6.38. The molecule has 3 nitrogen and oxygen atoms in total. The smallest absolute Gasteiger partial charge is 0.188 e. The van der Waals surface area contributed by atoms with Gasteiger partial charge in [-0.25, -0.2) is 9.97 Å². The zero-order valence-electron chi connectivity index (χ0n) is 6.86. The van der Waals surface area contributed by atoms with Gasteiger partial charge in [0, 0.05) is 17.8 Å². The van der Waals surface area contributed by atoms with Crippen molar-refractivity contribution in [2.45, 2.75) is 5.16 Å².